The van der Waals surface area contributed by atoms with Crippen LogP contribution in [-0.4, -0.2) is 53.4 Å². The van der Waals surface area contributed by atoms with Crippen LogP contribution in [-0.2, 0) is 15.3 Å². The highest BCUT2D eigenvalue weighted by Crippen LogP contribution is 2.46. The zero-order chi connectivity index (χ0) is 32.2. The molecule has 10 nitrogen and oxygen atoms in total. The molecule has 1 N–H and O–H groups in total. The second kappa shape index (κ2) is 13.8. The number of aliphatic hydroxyl groups excluding tert-OH is 1. The number of ether oxygens (including phenoxy) is 4. The molecule has 0 bridgehead atoms. The maximum Gasteiger partial charge on any atom is 0.301 e. The van der Waals surface area contributed by atoms with Crippen molar-refractivity contribution in [2.24, 2.45) is 0 Å². The van der Waals surface area contributed by atoms with Gasteiger partial charge >= 0.3 is 5.91 Å². The van der Waals surface area contributed by atoms with Crippen molar-refractivity contribution in [2.45, 2.75) is 43.3 Å². The maximum absolute atomic E-state index is 13.8. The number of aliphatic hydroxyl groups is 1. The van der Waals surface area contributed by atoms with Crippen LogP contribution in [0, 0.1) is 6.92 Å². The molecule has 238 valence electrons. The highest BCUT2D eigenvalue weighted by Gasteiger charge is 2.48. The van der Waals surface area contributed by atoms with Crippen molar-refractivity contribution in [3.05, 3.63) is 88.5 Å². The Bertz CT molecular complexity index is 1790. The van der Waals surface area contributed by atoms with Crippen molar-refractivity contribution in [1.82, 2.24) is 10.2 Å². The minimum absolute atomic E-state index is 0.0876. The molecule has 3 heterocycles. The standard InChI is InChI=1S/C34H33N3O7S2/c1-4-14-42-24-12-10-22(17-26(24)41-5-2)29-28(30(38)23-11-13-25-27(18-23)44-16-15-43-25)31(39)32(40)37(29)33-35-36-34(46-33)45-19-21-8-6-20(3)7-9-21/h6-13,17-18,29,38H,4-5,14-16,19H2,1-3H3/b30-28+. The Morgan fingerprint density at radius 3 is 2.52 bits per heavy atom. The lowest BCUT2D eigenvalue weighted by molar-refractivity contribution is -0.132. The van der Waals surface area contributed by atoms with Crippen LogP contribution >= 0.6 is 23.1 Å². The van der Waals surface area contributed by atoms with Crippen molar-refractivity contribution in [2.75, 3.05) is 31.3 Å². The van der Waals surface area contributed by atoms with Crippen molar-refractivity contribution in [3.8, 4) is 23.0 Å². The smallest absolute Gasteiger partial charge is 0.301 e. The molecule has 1 aromatic heterocycles. The number of hydrogen-bond donors (Lipinski definition) is 1. The molecule has 2 aliphatic rings. The van der Waals surface area contributed by atoms with Crippen LogP contribution in [0.5, 0.6) is 23.0 Å². The Balaban J connectivity index is 1.42. The van der Waals surface area contributed by atoms with Crippen molar-refractivity contribution in [1.29, 1.82) is 0 Å². The fourth-order valence-electron chi connectivity index (χ4n) is 5.17. The molecule has 46 heavy (non-hydrogen) atoms. The normalized spacial score (nSPS) is 16.9. The highest BCUT2D eigenvalue weighted by atomic mass is 32.2. The van der Waals surface area contributed by atoms with Crippen LogP contribution in [0.3, 0.4) is 0 Å². The first kappa shape index (κ1) is 31.4. The predicted octanol–water partition coefficient (Wildman–Crippen LogP) is 6.72. The fourth-order valence-corrected chi connectivity index (χ4v) is 7.00. The Kier molecular flexibility index (Phi) is 9.46. The second-order valence-electron chi connectivity index (χ2n) is 10.6. The first-order valence-electron chi connectivity index (χ1n) is 15.0. The number of carbonyl (C=O) groups excluding carboxylic acids is 2. The molecule has 0 radical (unpaired) electrons. The van der Waals surface area contributed by atoms with Crippen molar-refractivity contribution in [3.63, 3.8) is 0 Å². The molecule has 0 saturated carbocycles. The molecule has 1 amide bonds. The lowest BCUT2D eigenvalue weighted by Gasteiger charge is -2.24. The summed E-state index contributed by atoms with van der Waals surface area (Å²) in [7, 11) is 0. The van der Waals surface area contributed by atoms with Crippen LogP contribution in [0.1, 0.15) is 48.6 Å². The molecule has 1 atom stereocenters. The zero-order valence-corrected chi connectivity index (χ0v) is 27.3. The molecule has 3 aromatic carbocycles. The average Bonchev–Trinajstić information content (AvgIpc) is 3.65. The summed E-state index contributed by atoms with van der Waals surface area (Å²) in [6.45, 7) is 7.55. The van der Waals surface area contributed by atoms with Gasteiger partial charge in [0, 0.05) is 11.3 Å². The third-order valence-corrected chi connectivity index (χ3v) is 9.52. The van der Waals surface area contributed by atoms with Gasteiger partial charge in [0.2, 0.25) is 5.13 Å². The monoisotopic (exact) mass is 659 g/mol. The number of carbonyl (C=O) groups is 2. The number of hydrogen-bond acceptors (Lipinski definition) is 11. The summed E-state index contributed by atoms with van der Waals surface area (Å²) in [6, 6.07) is 17.4. The van der Waals surface area contributed by atoms with E-state index in [-0.39, 0.29) is 16.5 Å². The van der Waals surface area contributed by atoms with Gasteiger partial charge in [-0.15, -0.1) is 10.2 Å². The molecule has 2 aliphatic heterocycles. The molecule has 1 fully saturated rings. The van der Waals surface area contributed by atoms with Gasteiger partial charge in [-0.05, 0) is 61.7 Å². The molecule has 0 spiro atoms. The van der Waals surface area contributed by atoms with E-state index in [0.717, 1.165) is 12.0 Å². The molecule has 12 heteroatoms. The number of benzene rings is 3. The first-order chi connectivity index (χ1) is 22.4. The van der Waals surface area contributed by atoms with Gasteiger partial charge in [0.05, 0.1) is 24.8 Å². The SMILES string of the molecule is CCCOc1ccc(C2/C(=C(\O)c3ccc4c(c3)OCCO4)C(=O)C(=O)N2c2nnc(SCc3ccc(C)cc3)s2)cc1OCC. The van der Waals surface area contributed by atoms with Gasteiger partial charge in [-0.25, -0.2) is 0 Å². The number of anilines is 1. The number of Topliss-reactive ketones (excluding diaryl/α,β-unsaturated/α-hetero) is 1. The average molecular weight is 660 g/mol. The van der Waals surface area contributed by atoms with Gasteiger partial charge in [0.1, 0.15) is 19.0 Å². The van der Waals surface area contributed by atoms with Gasteiger partial charge in [0.25, 0.3) is 5.78 Å². The molecule has 4 aromatic rings. The molecular formula is C34H33N3O7S2. The van der Waals surface area contributed by atoms with Crippen molar-refractivity contribution < 1.29 is 33.6 Å². The lowest BCUT2D eigenvalue weighted by Crippen LogP contribution is -2.29. The summed E-state index contributed by atoms with van der Waals surface area (Å²) in [5.41, 5.74) is 3.06. The number of fused-ring (bicyclic) bond motifs is 1. The Morgan fingerprint density at radius 2 is 1.76 bits per heavy atom. The zero-order valence-electron chi connectivity index (χ0n) is 25.6. The van der Waals surface area contributed by atoms with Crippen molar-refractivity contribution >= 4 is 45.7 Å². The lowest BCUT2D eigenvalue weighted by atomic mass is 9.95. The number of nitrogens with zero attached hydrogens (tertiary/aromatic N) is 3. The van der Waals surface area contributed by atoms with Gasteiger partial charge < -0.3 is 24.1 Å². The first-order valence-corrected chi connectivity index (χ1v) is 16.8. The topological polar surface area (TPSA) is 120 Å². The van der Waals surface area contributed by atoms with E-state index in [4.69, 9.17) is 18.9 Å². The van der Waals surface area contributed by atoms with E-state index in [1.165, 1.54) is 33.6 Å². The fraction of sp³-hybridized carbons (Fsp3) is 0.294. The van der Waals surface area contributed by atoms with Crippen LogP contribution in [0.4, 0.5) is 5.13 Å². The molecule has 1 saturated heterocycles. The predicted molar refractivity (Wildman–Crippen MR) is 176 cm³/mol. The summed E-state index contributed by atoms with van der Waals surface area (Å²) in [4.78, 5) is 28.8. The number of aryl methyl sites for hydroxylation is 1. The van der Waals surface area contributed by atoms with E-state index in [1.54, 1.807) is 36.4 Å². The van der Waals surface area contributed by atoms with E-state index in [0.29, 0.717) is 70.6 Å². The van der Waals surface area contributed by atoms with Gasteiger partial charge in [-0.3, -0.25) is 14.5 Å². The van der Waals surface area contributed by atoms with Gasteiger partial charge in [-0.2, -0.15) is 0 Å². The molecular weight excluding hydrogens is 627 g/mol. The number of thioether (sulfide) groups is 1. The summed E-state index contributed by atoms with van der Waals surface area (Å²) in [5.74, 6) is 0.644. The minimum atomic E-state index is -1.02. The van der Waals surface area contributed by atoms with E-state index < -0.39 is 17.7 Å². The third-order valence-electron chi connectivity index (χ3n) is 7.39. The summed E-state index contributed by atoms with van der Waals surface area (Å²) < 4.78 is 23.8. The van der Waals surface area contributed by atoms with Gasteiger partial charge in [0.15, 0.2) is 27.3 Å². The largest absolute Gasteiger partial charge is 0.507 e. The van der Waals surface area contributed by atoms with Crippen LogP contribution in [0.15, 0.2) is 70.6 Å². The second-order valence-corrected chi connectivity index (χ2v) is 12.8. The van der Waals surface area contributed by atoms with E-state index in [2.05, 4.69) is 34.5 Å². The van der Waals surface area contributed by atoms with Gasteiger partial charge in [-0.1, -0.05) is 65.9 Å². The molecule has 1 unspecified atom stereocenters. The number of amides is 1. The van der Waals surface area contributed by atoms with Crippen LogP contribution in [0.25, 0.3) is 5.76 Å². The van der Waals surface area contributed by atoms with E-state index in [9.17, 15) is 14.7 Å². The van der Waals surface area contributed by atoms with E-state index >= 15 is 0 Å². The third kappa shape index (κ3) is 6.40. The molecule has 6 rings (SSSR count). The highest BCUT2D eigenvalue weighted by molar-refractivity contribution is 8.00. The molecule has 0 aliphatic carbocycles. The van der Waals surface area contributed by atoms with E-state index in [1.807, 2.05) is 20.8 Å². The maximum atomic E-state index is 13.8. The summed E-state index contributed by atoms with van der Waals surface area (Å²) in [5, 5.41) is 20.6. The Morgan fingerprint density at radius 1 is 0.978 bits per heavy atom. The number of rotatable bonds is 11. The number of aromatic nitrogens is 2. The van der Waals surface area contributed by atoms with Crippen LogP contribution in [0.2, 0.25) is 0 Å². The van der Waals surface area contributed by atoms with Crippen LogP contribution < -0.4 is 23.8 Å². The summed E-state index contributed by atoms with van der Waals surface area (Å²) in [6.07, 6.45) is 0.810. The summed E-state index contributed by atoms with van der Waals surface area (Å²) >= 11 is 2.70. The minimum Gasteiger partial charge on any atom is -0.507 e. The number of ketones is 1. The Labute approximate surface area is 275 Å². The quantitative estimate of drug-likeness (QED) is 0.0611. The Hall–Kier alpha value is -4.55.